The van der Waals surface area contributed by atoms with Gasteiger partial charge in [-0.15, -0.1) is 0 Å². The topological polar surface area (TPSA) is 231 Å². The minimum atomic E-state index is -4.93. The van der Waals surface area contributed by atoms with Crippen LogP contribution in [0, 0.1) is 0 Å². The van der Waals surface area contributed by atoms with Crippen molar-refractivity contribution in [1.82, 2.24) is 0 Å². The van der Waals surface area contributed by atoms with Gasteiger partial charge in [-0.25, -0.2) is 9.13 Å². The molecule has 0 aliphatic heterocycles. The lowest BCUT2D eigenvalue weighted by atomic mass is 10.1. The zero-order valence-corrected chi connectivity index (χ0v) is 59.4. The Bertz CT molecular complexity index is 2230. The van der Waals surface area contributed by atoms with Gasteiger partial charge in [0.15, 0.2) is 6.10 Å². The van der Waals surface area contributed by atoms with Crippen molar-refractivity contribution < 1.29 is 75.8 Å². The van der Waals surface area contributed by atoms with Gasteiger partial charge in [-0.05, 0) is 135 Å². The number of aliphatic hydroxyl groups is 2. The number of hydrogen-bond acceptors (Lipinski definition) is 14. The highest BCUT2D eigenvalue weighted by atomic mass is 31.2. The molecule has 0 heterocycles. The summed E-state index contributed by atoms with van der Waals surface area (Å²) in [4.78, 5) is 58.4. The molecule has 5 unspecified atom stereocenters. The van der Waals surface area contributed by atoms with Crippen LogP contribution in [0.2, 0.25) is 0 Å². The van der Waals surface area contributed by atoms with Crippen LogP contribution in [0.4, 0.5) is 0 Å². The molecule has 0 saturated heterocycles. The highest BCUT2D eigenvalue weighted by Gasteiger charge is 2.29. The second-order valence-electron chi connectivity index (χ2n) is 23.3. The van der Waals surface area contributed by atoms with E-state index in [0.29, 0.717) is 19.3 Å². The van der Waals surface area contributed by atoms with Crippen LogP contribution in [0.5, 0.6) is 0 Å². The Kier molecular flexibility index (Phi) is 64.5. The number of rotatable bonds is 66. The van der Waals surface area contributed by atoms with E-state index in [0.717, 1.165) is 167 Å². The summed E-state index contributed by atoms with van der Waals surface area (Å²) in [5.74, 6) is -1.63. The summed E-state index contributed by atoms with van der Waals surface area (Å²) in [6.07, 6.45) is 79.4. The average molecular weight is 1350 g/mol. The number of allylic oxidation sites excluding steroid dienone is 22. The quantitative estimate of drug-likeness (QED) is 0.0146. The number of phosphoric acid groups is 2. The number of phosphoric ester groups is 2. The molecule has 93 heavy (non-hydrogen) atoms. The molecule has 0 bridgehead atoms. The first-order chi connectivity index (χ1) is 45.2. The molecule has 0 fully saturated rings. The molecule has 0 spiro atoms. The van der Waals surface area contributed by atoms with Crippen LogP contribution in [0.3, 0.4) is 0 Å². The molecule has 5 atom stereocenters. The maximum atomic E-state index is 12.9. The van der Waals surface area contributed by atoms with Crippen LogP contribution in [-0.4, -0.2) is 95.9 Å². The second kappa shape index (κ2) is 67.7. The average Bonchev–Trinajstić information content (AvgIpc) is 2.44. The van der Waals surface area contributed by atoms with Crippen molar-refractivity contribution in [2.75, 3.05) is 39.6 Å². The molecular weight excluding hydrogens is 1220 g/mol. The highest BCUT2D eigenvalue weighted by molar-refractivity contribution is 7.47. The highest BCUT2D eigenvalue weighted by Crippen LogP contribution is 2.45. The van der Waals surface area contributed by atoms with Crippen molar-refractivity contribution in [2.45, 2.75) is 283 Å². The smallest absolute Gasteiger partial charge is 0.463 e. The Morgan fingerprint density at radius 1 is 0.312 bits per heavy atom. The molecule has 532 valence electrons. The van der Waals surface area contributed by atoms with Crippen LogP contribution >= 0.6 is 15.6 Å². The monoisotopic (exact) mass is 1340 g/mol. The first-order valence-corrected chi connectivity index (χ1v) is 38.5. The molecule has 0 aromatic rings. The summed E-state index contributed by atoms with van der Waals surface area (Å²) in [5, 5.41) is 20.5. The zero-order valence-electron chi connectivity index (χ0n) is 57.6. The van der Waals surface area contributed by atoms with Crippen LogP contribution in [0.25, 0.3) is 0 Å². The van der Waals surface area contributed by atoms with Crippen molar-refractivity contribution in [3.8, 4) is 0 Å². The van der Waals surface area contributed by atoms with Gasteiger partial charge in [0.25, 0.3) is 0 Å². The Morgan fingerprint density at radius 3 is 0.946 bits per heavy atom. The summed E-state index contributed by atoms with van der Waals surface area (Å²) in [5.41, 5.74) is 0. The van der Waals surface area contributed by atoms with Crippen molar-refractivity contribution in [1.29, 1.82) is 0 Å². The van der Waals surface area contributed by atoms with E-state index in [1.807, 2.05) is 0 Å². The van der Waals surface area contributed by atoms with Gasteiger partial charge in [-0.1, -0.05) is 244 Å². The summed E-state index contributed by atoms with van der Waals surface area (Å²) < 4.78 is 60.8. The third-order valence-corrected chi connectivity index (χ3v) is 16.2. The van der Waals surface area contributed by atoms with E-state index in [-0.39, 0.29) is 19.3 Å². The maximum absolute atomic E-state index is 12.9. The number of hydrogen-bond donors (Lipinski definition) is 4. The van der Waals surface area contributed by atoms with Crippen LogP contribution in [0.15, 0.2) is 134 Å². The Balaban J connectivity index is 4.61. The second-order valence-corrected chi connectivity index (χ2v) is 26.2. The molecular formula is C75H126O16P2. The van der Waals surface area contributed by atoms with E-state index in [4.69, 9.17) is 32.3 Å². The lowest BCUT2D eigenvalue weighted by Gasteiger charge is -2.21. The molecule has 0 aromatic carbocycles. The summed E-state index contributed by atoms with van der Waals surface area (Å²) in [6.45, 7) is 2.42. The number of aliphatic hydroxyl groups excluding tert-OH is 2. The van der Waals surface area contributed by atoms with Gasteiger partial charge in [-0.3, -0.25) is 32.5 Å². The molecule has 0 aliphatic carbocycles. The molecule has 0 saturated carbocycles. The Hall–Kier alpha value is -4.31. The van der Waals surface area contributed by atoms with E-state index in [1.165, 1.54) is 38.5 Å². The standard InChI is InChI=1S/C75H126O16P2/c1-4-7-10-13-16-19-22-24-26-28-30-32-34-36-38-40-42-44-47-49-52-55-58-61-73(78)85-64-70(76)65-87-92(81,82)88-66-71(77)67-89-93(83,84)90-69-72(91-75(80)63-60-57-54-51-46-21-18-15-12-9-6-3)68-86-74(79)62-59-56-53-50-48-45-43-41-39-37-35-33-31-29-27-25-23-20-17-14-11-8-5-2/h7,10,15-20,24-27,30-33,36-39,42,44,70-72,76-77H,4-6,8-9,11-14,21-23,28-29,34-35,40-41,43,45-69H2,1-3H3,(H,81,82)(H,83,84)/b10-7-,18-15-,19-16-,20-17-,26-24-,27-25-,32-30-,33-31-,38-36-,39-37-,44-42-. The third-order valence-electron chi connectivity index (χ3n) is 14.3. The zero-order chi connectivity index (χ0) is 68.1. The van der Waals surface area contributed by atoms with Gasteiger partial charge in [0.2, 0.25) is 0 Å². The number of ether oxygens (including phenoxy) is 3. The predicted octanol–water partition coefficient (Wildman–Crippen LogP) is 20.0. The van der Waals surface area contributed by atoms with Crippen molar-refractivity contribution in [2.24, 2.45) is 0 Å². The number of unbranched alkanes of at least 4 members (excludes halogenated alkanes) is 21. The van der Waals surface area contributed by atoms with E-state index in [9.17, 15) is 43.5 Å². The fraction of sp³-hybridized carbons (Fsp3) is 0.667. The fourth-order valence-electron chi connectivity index (χ4n) is 8.89. The summed E-state index contributed by atoms with van der Waals surface area (Å²) >= 11 is 0. The molecule has 18 heteroatoms. The third kappa shape index (κ3) is 68.9. The molecule has 4 N–H and O–H groups in total. The summed E-state index contributed by atoms with van der Waals surface area (Å²) in [7, 11) is -9.79. The van der Waals surface area contributed by atoms with Gasteiger partial charge >= 0.3 is 33.6 Å². The van der Waals surface area contributed by atoms with Crippen molar-refractivity contribution in [3.05, 3.63) is 134 Å². The SMILES string of the molecule is CC/C=C\C/C=C\C/C=C\C/C=C\C/C=C\C/C=C\CCCCCCC(=O)OCC(O)COP(=O)(O)OCC(O)COP(=O)(O)OCC(COC(=O)CCCCCCCCC/C=C\C/C=C\C/C=C\C/C=C\CCCCC)OC(=O)CCCCCCC/C=C\CCCC. The van der Waals surface area contributed by atoms with Crippen LogP contribution < -0.4 is 0 Å². The first kappa shape index (κ1) is 88.7. The molecule has 0 aliphatic rings. The molecule has 0 amide bonds. The normalized spacial score (nSPS) is 15.0. The van der Waals surface area contributed by atoms with Gasteiger partial charge in [0.05, 0.1) is 26.4 Å². The van der Waals surface area contributed by atoms with Gasteiger partial charge < -0.3 is 34.2 Å². The minimum absolute atomic E-state index is 0.0876. The summed E-state index contributed by atoms with van der Waals surface area (Å²) in [6, 6.07) is 0. The van der Waals surface area contributed by atoms with Crippen LogP contribution in [0.1, 0.15) is 265 Å². The van der Waals surface area contributed by atoms with E-state index in [2.05, 4.69) is 154 Å². The molecule has 0 radical (unpaired) electrons. The van der Waals surface area contributed by atoms with E-state index >= 15 is 0 Å². The van der Waals surface area contributed by atoms with Crippen molar-refractivity contribution >= 4 is 33.6 Å². The number of esters is 3. The van der Waals surface area contributed by atoms with Crippen molar-refractivity contribution in [3.63, 3.8) is 0 Å². The lowest BCUT2D eigenvalue weighted by Crippen LogP contribution is -2.30. The largest absolute Gasteiger partial charge is 0.472 e. The van der Waals surface area contributed by atoms with Gasteiger partial charge in [0, 0.05) is 19.3 Å². The Morgan fingerprint density at radius 2 is 0.581 bits per heavy atom. The van der Waals surface area contributed by atoms with Gasteiger partial charge in [-0.2, -0.15) is 0 Å². The lowest BCUT2D eigenvalue weighted by molar-refractivity contribution is -0.161. The number of carbonyl (C=O) groups excluding carboxylic acids is 3. The van der Waals surface area contributed by atoms with E-state index in [1.54, 1.807) is 0 Å². The predicted molar refractivity (Wildman–Crippen MR) is 380 cm³/mol. The maximum Gasteiger partial charge on any atom is 0.472 e. The molecule has 0 rings (SSSR count). The van der Waals surface area contributed by atoms with E-state index < -0.39 is 91.5 Å². The fourth-order valence-corrected chi connectivity index (χ4v) is 10.5. The first-order valence-electron chi connectivity index (χ1n) is 35.5. The van der Waals surface area contributed by atoms with Crippen LogP contribution in [-0.2, 0) is 55.8 Å². The molecule has 0 aromatic heterocycles. The number of carbonyl (C=O) groups is 3. The van der Waals surface area contributed by atoms with Gasteiger partial charge in [0.1, 0.15) is 25.4 Å². The molecule has 16 nitrogen and oxygen atoms in total. The Labute approximate surface area is 563 Å². The minimum Gasteiger partial charge on any atom is -0.463 e.